The van der Waals surface area contributed by atoms with Crippen LogP contribution in [0.4, 0.5) is 5.69 Å². The number of aliphatic hydroxyl groups is 1. The van der Waals surface area contributed by atoms with Crippen molar-refractivity contribution < 1.29 is 14.8 Å². The Morgan fingerprint density at radius 3 is 2.65 bits per heavy atom. The summed E-state index contributed by atoms with van der Waals surface area (Å²) in [5, 5.41) is 23.4. The van der Waals surface area contributed by atoms with Gasteiger partial charge < -0.3 is 15.2 Å². The summed E-state index contributed by atoms with van der Waals surface area (Å²) in [5.74, 6) is 0.735. The van der Waals surface area contributed by atoms with Crippen LogP contribution in [0.1, 0.15) is 26.3 Å². The molecule has 1 aromatic carbocycles. The maximum absolute atomic E-state index is 10.9. The van der Waals surface area contributed by atoms with Crippen molar-refractivity contribution in [1.29, 1.82) is 0 Å². The summed E-state index contributed by atoms with van der Waals surface area (Å²) in [7, 11) is 0. The maximum Gasteiger partial charge on any atom is 0.310 e. The van der Waals surface area contributed by atoms with Gasteiger partial charge in [-0.2, -0.15) is 0 Å². The molecule has 1 rings (SSSR count). The summed E-state index contributed by atoms with van der Waals surface area (Å²) in [5.41, 5.74) is 0.829. The van der Waals surface area contributed by atoms with Crippen LogP contribution in [0.3, 0.4) is 0 Å². The first-order chi connectivity index (χ1) is 9.40. The van der Waals surface area contributed by atoms with E-state index in [9.17, 15) is 15.2 Å². The Morgan fingerprint density at radius 1 is 1.40 bits per heavy atom. The van der Waals surface area contributed by atoms with Gasteiger partial charge in [-0.1, -0.05) is 19.9 Å². The lowest BCUT2D eigenvalue weighted by atomic mass is 10.1. The third-order valence-electron chi connectivity index (χ3n) is 2.58. The zero-order chi connectivity index (χ0) is 15.1. The van der Waals surface area contributed by atoms with Gasteiger partial charge in [0, 0.05) is 12.6 Å². The molecule has 0 bridgehead atoms. The topological polar surface area (TPSA) is 84.6 Å². The molecule has 0 aromatic heterocycles. The largest absolute Gasteiger partial charge is 0.484 e. The van der Waals surface area contributed by atoms with Crippen molar-refractivity contribution in [3.8, 4) is 5.75 Å². The molecule has 0 aliphatic rings. The first kappa shape index (κ1) is 16.4. The maximum atomic E-state index is 10.9. The van der Waals surface area contributed by atoms with Crippen molar-refractivity contribution in [2.75, 3.05) is 13.2 Å². The number of hydrogen-bond donors (Lipinski definition) is 2. The molecule has 6 nitrogen and oxygen atoms in total. The van der Waals surface area contributed by atoms with E-state index in [1.807, 2.05) is 0 Å². The molecule has 0 spiro atoms. The van der Waals surface area contributed by atoms with Crippen molar-refractivity contribution in [2.45, 2.75) is 33.4 Å². The van der Waals surface area contributed by atoms with Gasteiger partial charge in [0.15, 0.2) is 5.75 Å². The van der Waals surface area contributed by atoms with Gasteiger partial charge in [-0.25, -0.2) is 0 Å². The van der Waals surface area contributed by atoms with Crippen molar-refractivity contribution >= 4 is 5.69 Å². The highest BCUT2D eigenvalue weighted by atomic mass is 16.6. The molecule has 0 aliphatic heterocycles. The van der Waals surface area contributed by atoms with Gasteiger partial charge in [0.2, 0.25) is 0 Å². The molecular formula is C14H22N2O4. The normalized spacial score (nSPS) is 12.4. The number of nitrogens with one attached hydrogen (secondary N) is 1. The Hall–Kier alpha value is -1.66. The van der Waals surface area contributed by atoms with Crippen LogP contribution in [0.5, 0.6) is 5.75 Å². The smallest absolute Gasteiger partial charge is 0.310 e. The second-order valence-electron chi connectivity index (χ2n) is 5.24. The number of nitro benzene ring substituents is 1. The SMILES string of the molecule is CC(C)CNCc1ccc([N+](=O)[O-])c(OCC(C)O)c1. The van der Waals surface area contributed by atoms with E-state index in [4.69, 9.17) is 4.74 Å². The highest BCUT2D eigenvalue weighted by molar-refractivity contribution is 5.48. The molecule has 1 unspecified atom stereocenters. The second-order valence-corrected chi connectivity index (χ2v) is 5.24. The standard InChI is InChI=1S/C14H22N2O4/c1-10(2)7-15-8-12-4-5-13(16(18)19)14(6-12)20-9-11(3)17/h4-6,10-11,15,17H,7-9H2,1-3H3. The van der Waals surface area contributed by atoms with Gasteiger partial charge >= 0.3 is 5.69 Å². The molecule has 0 saturated carbocycles. The van der Waals surface area contributed by atoms with Crippen molar-refractivity contribution in [3.63, 3.8) is 0 Å². The number of rotatable bonds is 8. The van der Waals surface area contributed by atoms with Crippen LogP contribution >= 0.6 is 0 Å². The predicted octanol–water partition coefficient (Wildman–Crippen LogP) is 2.10. The predicted molar refractivity (Wildman–Crippen MR) is 76.8 cm³/mol. The molecule has 20 heavy (non-hydrogen) atoms. The van der Waals surface area contributed by atoms with E-state index in [0.29, 0.717) is 12.5 Å². The van der Waals surface area contributed by atoms with Crippen LogP contribution in [0, 0.1) is 16.0 Å². The molecule has 6 heteroatoms. The first-order valence-electron chi connectivity index (χ1n) is 6.69. The van der Waals surface area contributed by atoms with Crippen LogP contribution in [0.15, 0.2) is 18.2 Å². The van der Waals surface area contributed by atoms with E-state index in [0.717, 1.165) is 12.1 Å². The van der Waals surface area contributed by atoms with E-state index in [2.05, 4.69) is 19.2 Å². The average Bonchev–Trinajstić information content (AvgIpc) is 2.35. The molecule has 0 heterocycles. The van der Waals surface area contributed by atoms with E-state index in [-0.39, 0.29) is 18.0 Å². The van der Waals surface area contributed by atoms with Crippen LogP contribution in [-0.2, 0) is 6.54 Å². The highest BCUT2D eigenvalue weighted by Crippen LogP contribution is 2.28. The Morgan fingerprint density at radius 2 is 2.10 bits per heavy atom. The summed E-state index contributed by atoms with van der Waals surface area (Å²) in [4.78, 5) is 10.4. The van der Waals surface area contributed by atoms with Crippen molar-refractivity contribution in [3.05, 3.63) is 33.9 Å². The van der Waals surface area contributed by atoms with Gasteiger partial charge in [-0.15, -0.1) is 0 Å². The van der Waals surface area contributed by atoms with Gasteiger partial charge in [0.05, 0.1) is 11.0 Å². The van der Waals surface area contributed by atoms with Gasteiger partial charge in [0.1, 0.15) is 6.61 Å². The van der Waals surface area contributed by atoms with E-state index >= 15 is 0 Å². The van der Waals surface area contributed by atoms with Gasteiger partial charge in [-0.3, -0.25) is 10.1 Å². The average molecular weight is 282 g/mol. The molecule has 112 valence electrons. The quantitative estimate of drug-likeness (QED) is 0.563. The monoisotopic (exact) mass is 282 g/mol. The fourth-order valence-corrected chi connectivity index (χ4v) is 1.65. The number of aliphatic hydroxyl groups excluding tert-OH is 1. The summed E-state index contributed by atoms with van der Waals surface area (Å²) >= 11 is 0. The molecule has 2 N–H and O–H groups in total. The molecule has 1 atom stereocenters. The number of nitrogens with zero attached hydrogens (tertiary/aromatic N) is 1. The molecule has 0 radical (unpaired) electrons. The van der Waals surface area contributed by atoms with E-state index in [1.54, 1.807) is 19.1 Å². The van der Waals surface area contributed by atoms with E-state index in [1.165, 1.54) is 6.07 Å². The Kier molecular flexibility index (Phi) is 6.41. The zero-order valence-electron chi connectivity index (χ0n) is 12.1. The van der Waals surface area contributed by atoms with Crippen LogP contribution in [0.25, 0.3) is 0 Å². The number of ether oxygens (including phenoxy) is 1. The first-order valence-corrected chi connectivity index (χ1v) is 6.69. The minimum absolute atomic E-state index is 0.0315. The second kappa shape index (κ2) is 7.81. The minimum atomic E-state index is -0.669. The minimum Gasteiger partial charge on any atom is -0.484 e. The van der Waals surface area contributed by atoms with Crippen molar-refractivity contribution in [1.82, 2.24) is 5.32 Å². The Bertz CT molecular complexity index is 447. The number of benzene rings is 1. The Labute approximate surface area is 118 Å². The van der Waals surface area contributed by atoms with E-state index < -0.39 is 11.0 Å². The summed E-state index contributed by atoms with van der Waals surface area (Å²) < 4.78 is 5.31. The lowest BCUT2D eigenvalue weighted by Gasteiger charge is -2.11. The number of nitro groups is 1. The molecule has 0 amide bonds. The summed E-state index contributed by atoms with van der Waals surface area (Å²) in [6, 6.07) is 4.79. The van der Waals surface area contributed by atoms with Gasteiger partial charge in [0.25, 0.3) is 0 Å². The van der Waals surface area contributed by atoms with Gasteiger partial charge in [-0.05, 0) is 31.0 Å². The highest BCUT2D eigenvalue weighted by Gasteiger charge is 2.16. The number of hydrogen-bond acceptors (Lipinski definition) is 5. The molecule has 0 saturated heterocycles. The molecule has 1 aromatic rings. The lowest BCUT2D eigenvalue weighted by molar-refractivity contribution is -0.385. The fraction of sp³-hybridized carbons (Fsp3) is 0.571. The Balaban J connectivity index is 2.78. The van der Waals surface area contributed by atoms with Crippen LogP contribution in [-0.4, -0.2) is 29.3 Å². The molecule has 0 aliphatic carbocycles. The lowest BCUT2D eigenvalue weighted by Crippen LogP contribution is -2.19. The molecular weight excluding hydrogens is 260 g/mol. The zero-order valence-corrected chi connectivity index (χ0v) is 12.1. The van der Waals surface area contributed by atoms with Crippen LogP contribution < -0.4 is 10.1 Å². The fourth-order valence-electron chi connectivity index (χ4n) is 1.65. The summed E-state index contributed by atoms with van der Waals surface area (Å²) in [6.07, 6.45) is -0.669. The van der Waals surface area contributed by atoms with Crippen molar-refractivity contribution in [2.24, 2.45) is 5.92 Å². The summed E-state index contributed by atoms with van der Waals surface area (Å²) in [6.45, 7) is 7.33. The third kappa shape index (κ3) is 5.54. The molecule has 0 fully saturated rings. The van der Waals surface area contributed by atoms with Crippen LogP contribution in [0.2, 0.25) is 0 Å². The third-order valence-corrected chi connectivity index (χ3v) is 2.58.